The molecule has 2 bridgehead atoms. The van der Waals surface area contributed by atoms with Gasteiger partial charge in [0.05, 0.1) is 4.88 Å². The fourth-order valence-electron chi connectivity index (χ4n) is 4.69. The van der Waals surface area contributed by atoms with Gasteiger partial charge in [0.15, 0.2) is 0 Å². The lowest BCUT2D eigenvalue weighted by Crippen LogP contribution is -2.57. The fraction of sp³-hybridized carbons (Fsp3) is 0.292. The molecule has 1 N–H and O–H groups in total. The molecule has 0 unspecified atom stereocenters. The minimum absolute atomic E-state index is 0. The second-order valence-corrected chi connectivity index (χ2v) is 9.45. The number of aromatic nitrogens is 2. The maximum absolute atomic E-state index is 12.9. The summed E-state index contributed by atoms with van der Waals surface area (Å²) < 4.78 is 6.49. The van der Waals surface area contributed by atoms with E-state index in [0.29, 0.717) is 17.6 Å². The Kier molecular flexibility index (Phi) is 5.71. The predicted octanol–water partition coefficient (Wildman–Crippen LogP) is 4.86. The SMILES string of the molecule is Cl.O=C(N[C@H]1CN2CCC1CC2)c1cc2ccc(-c3noc(-c4ccccc4)n3)cc2s1. The first-order chi connectivity index (χ1) is 15.2. The van der Waals surface area contributed by atoms with E-state index in [0.717, 1.165) is 32.6 Å². The molecule has 1 amide bonds. The number of nitrogens with one attached hydrogen (secondary N) is 1. The molecular weight excluding hydrogens is 444 g/mol. The molecular formula is C24H23ClN4O2S. The van der Waals surface area contributed by atoms with Crippen molar-refractivity contribution in [3.63, 3.8) is 0 Å². The molecule has 0 saturated carbocycles. The highest BCUT2D eigenvalue weighted by molar-refractivity contribution is 7.20. The van der Waals surface area contributed by atoms with Crippen LogP contribution in [0.5, 0.6) is 0 Å². The molecule has 32 heavy (non-hydrogen) atoms. The van der Waals surface area contributed by atoms with Gasteiger partial charge in [-0.05, 0) is 61.5 Å². The molecule has 3 saturated heterocycles. The summed E-state index contributed by atoms with van der Waals surface area (Å²) >= 11 is 1.51. The Morgan fingerprint density at radius 3 is 2.62 bits per heavy atom. The Balaban J connectivity index is 0.00000216. The van der Waals surface area contributed by atoms with Gasteiger partial charge in [-0.25, -0.2) is 0 Å². The maximum Gasteiger partial charge on any atom is 0.261 e. The second kappa shape index (κ2) is 8.65. The number of rotatable bonds is 4. The number of hydrogen-bond acceptors (Lipinski definition) is 6. The van der Waals surface area contributed by atoms with Gasteiger partial charge in [0, 0.05) is 28.4 Å². The number of thiophene rings is 1. The Bertz CT molecular complexity index is 1250. The summed E-state index contributed by atoms with van der Waals surface area (Å²) in [6.07, 6.45) is 2.38. The summed E-state index contributed by atoms with van der Waals surface area (Å²) in [4.78, 5) is 20.7. The topological polar surface area (TPSA) is 71.3 Å². The van der Waals surface area contributed by atoms with E-state index in [1.54, 1.807) is 0 Å². The number of nitrogens with zero attached hydrogens (tertiary/aromatic N) is 3. The van der Waals surface area contributed by atoms with Gasteiger partial charge in [0.2, 0.25) is 5.82 Å². The first-order valence-electron chi connectivity index (χ1n) is 10.7. The fourth-order valence-corrected chi connectivity index (χ4v) is 5.69. The van der Waals surface area contributed by atoms with Crippen molar-refractivity contribution < 1.29 is 9.32 Å². The van der Waals surface area contributed by atoms with Crippen LogP contribution in [-0.4, -0.2) is 46.6 Å². The van der Waals surface area contributed by atoms with Crippen LogP contribution >= 0.6 is 23.7 Å². The van der Waals surface area contributed by atoms with Crippen LogP contribution in [0.3, 0.4) is 0 Å². The monoisotopic (exact) mass is 466 g/mol. The number of benzene rings is 2. The molecule has 2 aromatic carbocycles. The first-order valence-corrected chi connectivity index (χ1v) is 11.5. The number of amides is 1. The van der Waals surface area contributed by atoms with E-state index in [2.05, 4.69) is 20.4 Å². The molecule has 164 valence electrons. The van der Waals surface area contributed by atoms with Gasteiger partial charge in [-0.3, -0.25) is 4.79 Å². The van der Waals surface area contributed by atoms with Gasteiger partial charge < -0.3 is 14.7 Å². The molecule has 5 heterocycles. The summed E-state index contributed by atoms with van der Waals surface area (Å²) in [5.74, 6) is 1.70. The molecule has 1 atom stereocenters. The van der Waals surface area contributed by atoms with Crippen LogP contribution in [0, 0.1) is 5.92 Å². The molecule has 7 rings (SSSR count). The van der Waals surface area contributed by atoms with E-state index in [4.69, 9.17) is 4.52 Å². The third-order valence-electron chi connectivity index (χ3n) is 6.42. The first kappa shape index (κ1) is 21.1. The van der Waals surface area contributed by atoms with Gasteiger partial charge in [0.25, 0.3) is 11.8 Å². The predicted molar refractivity (Wildman–Crippen MR) is 128 cm³/mol. The van der Waals surface area contributed by atoms with Crippen LogP contribution in [0.25, 0.3) is 32.9 Å². The molecule has 4 aromatic rings. The number of carbonyl (C=O) groups is 1. The Morgan fingerprint density at radius 1 is 1.06 bits per heavy atom. The second-order valence-electron chi connectivity index (χ2n) is 8.37. The standard InChI is InChI=1S/C24H22N4O2S.ClH/c29-23(25-19-14-28-10-8-15(19)9-11-28)21-12-17-6-7-18(13-20(17)31-21)22-26-24(30-27-22)16-4-2-1-3-5-16;/h1-7,12-13,15,19H,8-11,14H2,(H,25,29);1H/t19-;/m0./s1. The van der Waals surface area contributed by atoms with Gasteiger partial charge in [-0.1, -0.05) is 35.5 Å². The van der Waals surface area contributed by atoms with Crippen molar-refractivity contribution in [2.75, 3.05) is 19.6 Å². The van der Waals surface area contributed by atoms with Gasteiger partial charge in [0.1, 0.15) is 0 Å². The summed E-state index contributed by atoms with van der Waals surface area (Å²) in [5.41, 5.74) is 1.77. The molecule has 0 radical (unpaired) electrons. The third kappa shape index (κ3) is 3.92. The van der Waals surface area contributed by atoms with Crippen molar-refractivity contribution >= 4 is 39.7 Å². The third-order valence-corrected chi connectivity index (χ3v) is 7.52. The molecule has 2 aromatic heterocycles. The number of fused-ring (bicyclic) bond motifs is 4. The highest BCUT2D eigenvalue weighted by Crippen LogP contribution is 2.32. The summed E-state index contributed by atoms with van der Waals surface area (Å²) in [6.45, 7) is 3.32. The van der Waals surface area contributed by atoms with E-state index in [1.165, 1.54) is 37.3 Å². The molecule has 8 heteroatoms. The van der Waals surface area contributed by atoms with Crippen LogP contribution in [0.15, 0.2) is 59.1 Å². The van der Waals surface area contributed by atoms with E-state index >= 15 is 0 Å². The zero-order chi connectivity index (χ0) is 20.8. The van der Waals surface area contributed by atoms with Crippen molar-refractivity contribution in [3.05, 3.63) is 59.5 Å². The number of piperidine rings is 3. The van der Waals surface area contributed by atoms with Crippen LogP contribution in [0.4, 0.5) is 0 Å². The highest BCUT2D eigenvalue weighted by atomic mass is 35.5. The maximum atomic E-state index is 12.9. The lowest BCUT2D eigenvalue weighted by atomic mass is 9.84. The Labute approximate surface area is 196 Å². The number of carbonyl (C=O) groups excluding carboxylic acids is 1. The van der Waals surface area contributed by atoms with E-state index in [-0.39, 0.29) is 24.4 Å². The molecule has 3 aliphatic rings. The van der Waals surface area contributed by atoms with Gasteiger partial charge in [-0.15, -0.1) is 23.7 Å². The zero-order valence-corrected chi connectivity index (χ0v) is 19.0. The van der Waals surface area contributed by atoms with Crippen molar-refractivity contribution in [1.82, 2.24) is 20.4 Å². The van der Waals surface area contributed by atoms with Crippen LogP contribution in [0.2, 0.25) is 0 Å². The average molecular weight is 467 g/mol. The summed E-state index contributed by atoms with van der Waals surface area (Å²) in [5, 5.41) is 8.49. The lowest BCUT2D eigenvalue weighted by molar-refractivity contribution is 0.0622. The van der Waals surface area contributed by atoms with Crippen LogP contribution in [-0.2, 0) is 0 Å². The van der Waals surface area contributed by atoms with Crippen molar-refractivity contribution in [1.29, 1.82) is 0 Å². The van der Waals surface area contributed by atoms with Gasteiger partial charge >= 0.3 is 0 Å². The van der Waals surface area contributed by atoms with E-state index in [1.807, 2.05) is 54.6 Å². The molecule has 0 spiro atoms. The lowest BCUT2D eigenvalue weighted by Gasteiger charge is -2.44. The van der Waals surface area contributed by atoms with Crippen molar-refractivity contribution in [3.8, 4) is 22.8 Å². The summed E-state index contributed by atoms with van der Waals surface area (Å²) in [6, 6.07) is 18.0. The summed E-state index contributed by atoms with van der Waals surface area (Å²) in [7, 11) is 0. The van der Waals surface area contributed by atoms with Crippen LogP contribution in [0.1, 0.15) is 22.5 Å². The molecule has 3 aliphatic heterocycles. The van der Waals surface area contributed by atoms with Gasteiger partial charge in [-0.2, -0.15) is 4.98 Å². The quantitative estimate of drug-likeness (QED) is 0.465. The minimum atomic E-state index is 0. The highest BCUT2D eigenvalue weighted by Gasteiger charge is 2.35. The largest absolute Gasteiger partial charge is 0.347 e. The normalized spacial score (nSPS) is 21.9. The van der Waals surface area contributed by atoms with Crippen molar-refractivity contribution in [2.24, 2.45) is 5.92 Å². The Hall–Kier alpha value is -2.74. The molecule has 3 fully saturated rings. The van der Waals surface area contributed by atoms with Crippen LogP contribution < -0.4 is 5.32 Å². The Morgan fingerprint density at radius 2 is 1.88 bits per heavy atom. The van der Waals surface area contributed by atoms with E-state index in [9.17, 15) is 4.79 Å². The zero-order valence-electron chi connectivity index (χ0n) is 17.4. The molecule has 0 aliphatic carbocycles. The van der Waals surface area contributed by atoms with E-state index < -0.39 is 0 Å². The molecule has 6 nitrogen and oxygen atoms in total. The average Bonchev–Trinajstić information content (AvgIpc) is 3.48. The number of hydrogen-bond donors (Lipinski definition) is 1. The smallest absolute Gasteiger partial charge is 0.261 e. The number of halogens is 1. The van der Waals surface area contributed by atoms with Crippen molar-refractivity contribution in [2.45, 2.75) is 18.9 Å². The minimum Gasteiger partial charge on any atom is -0.347 e.